The van der Waals surface area contributed by atoms with Gasteiger partial charge in [-0.3, -0.25) is 9.69 Å². The van der Waals surface area contributed by atoms with Crippen molar-refractivity contribution >= 4 is 11.6 Å². The van der Waals surface area contributed by atoms with Gasteiger partial charge in [0.05, 0.1) is 13.7 Å². The van der Waals surface area contributed by atoms with E-state index in [1.165, 1.54) is 0 Å². The van der Waals surface area contributed by atoms with Crippen LogP contribution < -0.4 is 15.4 Å². The van der Waals surface area contributed by atoms with Crippen LogP contribution in [0.1, 0.15) is 6.92 Å². The van der Waals surface area contributed by atoms with Crippen molar-refractivity contribution in [1.82, 2.24) is 4.90 Å². The molecule has 1 fully saturated rings. The fourth-order valence-corrected chi connectivity index (χ4v) is 2.25. The number of nitrogens with zero attached hydrogens (tertiary/aromatic N) is 2. The maximum absolute atomic E-state index is 12.2. The summed E-state index contributed by atoms with van der Waals surface area (Å²) in [7, 11) is 1.63. The van der Waals surface area contributed by atoms with Gasteiger partial charge < -0.3 is 15.4 Å². The van der Waals surface area contributed by atoms with Crippen LogP contribution in [0.2, 0.25) is 0 Å². The van der Waals surface area contributed by atoms with E-state index in [9.17, 15) is 4.79 Å². The van der Waals surface area contributed by atoms with Crippen LogP contribution in [0.5, 0.6) is 5.75 Å². The standard InChI is InChI=1S/C14H21N3O2/c1-11(9-15)16-7-8-17(14(18)10-16)12-3-5-13(19-2)6-4-12/h3-6,11H,7-10,15H2,1-2H3. The maximum atomic E-state index is 12.2. The molecule has 1 amide bonds. The Balaban J connectivity index is 2.04. The number of carbonyl (C=O) groups excluding carboxylic acids is 1. The number of hydrogen-bond acceptors (Lipinski definition) is 4. The Kier molecular flexibility index (Phi) is 4.39. The lowest BCUT2D eigenvalue weighted by atomic mass is 10.2. The number of hydrogen-bond donors (Lipinski definition) is 1. The molecule has 5 heteroatoms. The first kappa shape index (κ1) is 13.8. The van der Waals surface area contributed by atoms with Crippen LogP contribution in [0.15, 0.2) is 24.3 Å². The number of carbonyl (C=O) groups is 1. The minimum atomic E-state index is 0.122. The third-order valence-corrected chi connectivity index (χ3v) is 3.60. The SMILES string of the molecule is COc1ccc(N2CCN(C(C)CN)CC2=O)cc1. The van der Waals surface area contributed by atoms with Gasteiger partial charge in [0.2, 0.25) is 5.91 Å². The van der Waals surface area contributed by atoms with Crippen molar-refractivity contribution in [2.75, 3.05) is 38.2 Å². The molecule has 1 unspecified atom stereocenters. The van der Waals surface area contributed by atoms with Crippen LogP contribution in [0.4, 0.5) is 5.69 Å². The minimum Gasteiger partial charge on any atom is -0.497 e. The van der Waals surface area contributed by atoms with Crippen LogP contribution >= 0.6 is 0 Å². The van der Waals surface area contributed by atoms with Gasteiger partial charge in [0.1, 0.15) is 5.75 Å². The molecule has 0 aromatic heterocycles. The number of piperazine rings is 1. The topological polar surface area (TPSA) is 58.8 Å². The zero-order valence-electron chi connectivity index (χ0n) is 11.5. The normalized spacial score (nSPS) is 18.5. The molecule has 1 atom stereocenters. The van der Waals surface area contributed by atoms with E-state index in [1.54, 1.807) is 7.11 Å². The monoisotopic (exact) mass is 263 g/mol. The first-order valence-electron chi connectivity index (χ1n) is 6.54. The summed E-state index contributed by atoms with van der Waals surface area (Å²) in [6.07, 6.45) is 0. The van der Waals surface area contributed by atoms with Gasteiger partial charge in [-0.2, -0.15) is 0 Å². The van der Waals surface area contributed by atoms with Gasteiger partial charge in [-0.25, -0.2) is 0 Å². The maximum Gasteiger partial charge on any atom is 0.241 e. The summed E-state index contributed by atoms with van der Waals surface area (Å²) in [6.45, 7) is 4.63. The third kappa shape index (κ3) is 3.05. The fourth-order valence-electron chi connectivity index (χ4n) is 2.25. The molecule has 1 aliphatic heterocycles. The number of amides is 1. The van der Waals surface area contributed by atoms with Gasteiger partial charge in [0.15, 0.2) is 0 Å². The molecule has 1 aromatic rings. The predicted octanol–water partition coefficient (Wildman–Crippen LogP) is 0.691. The summed E-state index contributed by atoms with van der Waals surface area (Å²) in [4.78, 5) is 16.1. The van der Waals surface area contributed by atoms with E-state index in [2.05, 4.69) is 11.8 Å². The van der Waals surface area contributed by atoms with Gasteiger partial charge in [-0.05, 0) is 31.2 Å². The predicted molar refractivity (Wildman–Crippen MR) is 75.4 cm³/mol. The van der Waals surface area contributed by atoms with Crippen molar-refractivity contribution in [3.8, 4) is 5.75 Å². The summed E-state index contributed by atoms with van der Waals surface area (Å²) in [5.41, 5.74) is 6.57. The molecule has 5 nitrogen and oxygen atoms in total. The van der Waals surface area contributed by atoms with Gasteiger partial charge in [0.25, 0.3) is 0 Å². The van der Waals surface area contributed by atoms with Crippen molar-refractivity contribution in [3.63, 3.8) is 0 Å². The van der Waals surface area contributed by atoms with Gasteiger partial charge in [0, 0.05) is 31.4 Å². The molecule has 104 valence electrons. The van der Waals surface area contributed by atoms with E-state index < -0.39 is 0 Å². The second kappa shape index (κ2) is 6.04. The molecule has 0 bridgehead atoms. The van der Waals surface area contributed by atoms with Crippen LogP contribution in [-0.2, 0) is 4.79 Å². The Morgan fingerprint density at radius 2 is 2.00 bits per heavy atom. The first-order chi connectivity index (χ1) is 9.15. The molecule has 0 spiro atoms. The highest BCUT2D eigenvalue weighted by Gasteiger charge is 2.27. The fraction of sp³-hybridized carbons (Fsp3) is 0.500. The summed E-state index contributed by atoms with van der Waals surface area (Å²) in [6, 6.07) is 7.83. The smallest absolute Gasteiger partial charge is 0.241 e. The lowest BCUT2D eigenvalue weighted by Crippen LogP contribution is -2.54. The van der Waals surface area contributed by atoms with Crippen LogP contribution in [0, 0.1) is 0 Å². The highest BCUT2D eigenvalue weighted by molar-refractivity contribution is 5.95. The number of methoxy groups -OCH3 is 1. The highest BCUT2D eigenvalue weighted by atomic mass is 16.5. The van der Waals surface area contributed by atoms with Crippen molar-refractivity contribution < 1.29 is 9.53 Å². The average Bonchev–Trinajstić information content (AvgIpc) is 2.46. The van der Waals surface area contributed by atoms with E-state index >= 15 is 0 Å². The number of rotatable bonds is 4. The average molecular weight is 263 g/mol. The van der Waals surface area contributed by atoms with Gasteiger partial charge in [-0.15, -0.1) is 0 Å². The number of benzene rings is 1. The summed E-state index contributed by atoms with van der Waals surface area (Å²) in [5, 5.41) is 0. The Labute approximate surface area is 113 Å². The second-order valence-corrected chi connectivity index (χ2v) is 4.80. The number of anilines is 1. The minimum absolute atomic E-state index is 0.122. The van der Waals surface area contributed by atoms with Crippen LogP contribution in [0.3, 0.4) is 0 Å². The van der Waals surface area contributed by atoms with E-state index in [0.29, 0.717) is 19.6 Å². The largest absolute Gasteiger partial charge is 0.497 e. The summed E-state index contributed by atoms with van der Waals surface area (Å²) < 4.78 is 5.12. The van der Waals surface area contributed by atoms with Crippen molar-refractivity contribution in [2.45, 2.75) is 13.0 Å². The molecule has 2 N–H and O–H groups in total. The molecule has 1 saturated heterocycles. The van der Waals surface area contributed by atoms with Crippen LogP contribution in [-0.4, -0.2) is 50.1 Å². The zero-order valence-corrected chi connectivity index (χ0v) is 11.5. The van der Waals surface area contributed by atoms with Gasteiger partial charge in [-0.1, -0.05) is 0 Å². The molecule has 0 aliphatic carbocycles. The van der Waals surface area contributed by atoms with E-state index in [4.69, 9.17) is 10.5 Å². The third-order valence-electron chi connectivity index (χ3n) is 3.60. The lowest BCUT2D eigenvalue weighted by molar-refractivity contribution is -0.121. The molecule has 0 radical (unpaired) electrons. The highest BCUT2D eigenvalue weighted by Crippen LogP contribution is 2.21. The van der Waals surface area contributed by atoms with E-state index in [-0.39, 0.29) is 11.9 Å². The molecule has 1 heterocycles. The zero-order chi connectivity index (χ0) is 13.8. The van der Waals surface area contributed by atoms with Crippen LogP contribution in [0.25, 0.3) is 0 Å². The van der Waals surface area contributed by atoms with Crippen molar-refractivity contribution in [3.05, 3.63) is 24.3 Å². The Hall–Kier alpha value is -1.59. The molecule has 1 aliphatic rings. The Morgan fingerprint density at radius 3 is 2.53 bits per heavy atom. The van der Waals surface area contributed by atoms with E-state index in [1.807, 2.05) is 29.2 Å². The molecular formula is C14H21N3O2. The molecule has 19 heavy (non-hydrogen) atoms. The lowest BCUT2D eigenvalue weighted by Gasteiger charge is -2.37. The number of ether oxygens (including phenoxy) is 1. The summed E-state index contributed by atoms with van der Waals surface area (Å²) in [5.74, 6) is 0.920. The molecule has 0 saturated carbocycles. The summed E-state index contributed by atoms with van der Waals surface area (Å²) >= 11 is 0. The first-order valence-corrected chi connectivity index (χ1v) is 6.54. The van der Waals surface area contributed by atoms with E-state index in [0.717, 1.165) is 18.0 Å². The Bertz CT molecular complexity index is 433. The van der Waals surface area contributed by atoms with Crippen molar-refractivity contribution in [2.24, 2.45) is 5.73 Å². The Morgan fingerprint density at radius 1 is 1.32 bits per heavy atom. The second-order valence-electron chi connectivity index (χ2n) is 4.80. The van der Waals surface area contributed by atoms with Gasteiger partial charge >= 0.3 is 0 Å². The van der Waals surface area contributed by atoms with Crippen molar-refractivity contribution in [1.29, 1.82) is 0 Å². The molecule has 1 aromatic carbocycles. The number of nitrogens with two attached hydrogens (primary N) is 1. The molecular weight excluding hydrogens is 242 g/mol. The quantitative estimate of drug-likeness (QED) is 0.868. The molecule has 2 rings (SSSR count).